The van der Waals surface area contributed by atoms with E-state index < -0.39 is 183 Å². The zero-order valence-corrected chi connectivity index (χ0v) is 43.2. The molecule has 4 aliphatic heterocycles. The molecule has 4 amide bonds. The molecule has 434 valence electrons. The monoisotopic (exact) mass is 1110 g/mol. The summed E-state index contributed by atoms with van der Waals surface area (Å²) in [6.07, 6.45) is -22.0. The second kappa shape index (κ2) is 29.4. The van der Waals surface area contributed by atoms with Crippen LogP contribution in [-0.4, -0.2) is 238 Å². The van der Waals surface area contributed by atoms with Crippen LogP contribution >= 0.6 is 0 Å². The van der Waals surface area contributed by atoms with Crippen LogP contribution in [0.4, 0.5) is 0 Å². The zero-order chi connectivity index (χ0) is 56.0. The lowest BCUT2D eigenvalue weighted by Crippen LogP contribution is -2.71. The molecule has 0 saturated carbocycles. The molecule has 14 N–H and O–H groups in total. The van der Waals surface area contributed by atoms with Crippen molar-refractivity contribution >= 4 is 34.0 Å². The molecule has 0 aromatic heterocycles. The van der Waals surface area contributed by atoms with Crippen LogP contribution in [0.1, 0.15) is 83.0 Å². The molecule has 30 heteroatoms. The summed E-state index contributed by atoms with van der Waals surface area (Å²) in [4.78, 5) is 51.1. The SMILES string of the molecule is CCCCCCCCCOc1cccc(C(=O)NC2[C@H](O[C@H]3C(O)C(NC(C)=O)[C@H](O[C@@H]4C(CO)O[C@@H](O[C@H]5C(O)C(NC(C)=O)[C@H](O)O[C@H]5COS(=O)(=O)O)C(NC(C)=O)[C@H]4O)O[C@H]3CO)OC(CO)[C@@H](O)[C@@H]2O)c1. The molecule has 76 heavy (non-hydrogen) atoms. The predicted molar refractivity (Wildman–Crippen MR) is 254 cm³/mol. The Morgan fingerprint density at radius 3 is 1.50 bits per heavy atom. The summed E-state index contributed by atoms with van der Waals surface area (Å²) in [5, 5.41) is 109. The summed E-state index contributed by atoms with van der Waals surface area (Å²) in [6, 6.07) is -0.615. The maximum atomic E-state index is 13.8. The molecule has 1 aromatic carbocycles. The minimum absolute atomic E-state index is 0.0703. The summed E-state index contributed by atoms with van der Waals surface area (Å²) in [6.45, 7) is 1.64. The Bertz CT molecular complexity index is 2130. The van der Waals surface area contributed by atoms with Crippen molar-refractivity contribution in [2.24, 2.45) is 0 Å². The third kappa shape index (κ3) is 17.1. The first kappa shape index (κ1) is 63.0. The number of aliphatic hydroxyl groups is 9. The molecule has 0 spiro atoms. The van der Waals surface area contributed by atoms with Gasteiger partial charge in [-0.3, -0.25) is 23.7 Å². The number of amides is 4. The maximum Gasteiger partial charge on any atom is 0.397 e. The molecule has 4 saturated heterocycles. The van der Waals surface area contributed by atoms with E-state index in [0.717, 1.165) is 52.9 Å². The van der Waals surface area contributed by atoms with Crippen LogP contribution in [-0.2, 0) is 62.1 Å². The van der Waals surface area contributed by atoms with E-state index in [9.17, 15) is 78.1 Å². The van der Waals surface area contributed by atoms with Gasteiger partial charge in [0.2, 0.25) is 17.7 Å². The van der Waals surface area contributed by atoms with E-state index in [1.165, 1.54) is 25.0 Å². The molecule has 8 unspecified atom stereocenters. The Balaban J connectivity index is 1.36. The van der Waals surface area contributed by atoms with Gasteiger partial charge in [-0.2, -0.15) is 8.42 Å². The van der Waals surface area contributed by atoms with Crippen LogP contribution in [0, 0.1) is 0 Å². The highest BCUT2D eigenvalue weighted by atomic mass is 32.3. The van der Waals surface area contributed by atoms with Crippen LogP contribution in [0.15, 0.2) is 24.3 Å². The molecule has 0 aliphatic carbocycles. The van der Waals surface area contributed by atoms with Crippen molar-refractivity contribution in [3.05, 3.63) is 29.8 Å². The summed E-state index contributed by atoms with van der Waals surface area (Å²) in [5.74, 6) is -2.82. The van der Waals surface area contributed by atoms with Crippen molar-refractivity contribution in [3.8, 4) is 5.75 Å². The number of nitrogens with one attached hydrogen (secondary N) is 4. The fraction of sp³-hybridized carbons (Fsp3) is 0.783. The lowest BCUT2D eigenvalue weighted by molar-refractivity contribution is -0.361. The van der Waals surface area contributed by atoms with Gasteiger partial charge >= 0.3 is 10.4 Å². The van der Waals surface area contributed by atoms with Gasteiger partial charge in [-0.05, 0) is 24.6 Å². The van der Waals surface area contributed by atoms with E-state index in [1.807, 2.05) is 0 Å². The number of unbranched alkanes of at least 4 members (excludes halogenated alkanes) is 6. The topological polar surface area (TPSA) is 436 Å². The van der Waals surface area contributed by atoms with Crippen LogP contribution < -0.4 is 26.0 Å². The molecular weight excluding hydrogens is 1040 g/mol. The van der Waals surface area contributed by atoms with Gasteiger partial charge in [-0.15, -0.1) is 0 Å². The Morgan fingerprint density at radius 1 is 0.566 bits per heavy atom. The smallest absolute Gasteiger partial charge is 0.397 e. The number of carbonyl (C=O) groups is 4. The van der Waals surface area contributed by atoms with Gasteiger partial charge in [0.25, 0.3) is 5.91 Å². The first-order chi connectivity index (χ1) is 36.0. The van der Waals surface area contributed by atoms with Crippen molar-refractivity contribution in [1.82, 2.24) is 21.3 Å². The van der Waals surface area contributed by atoms with Gasteiger partial charge in [-0.25, -0.2) is 4.18 Å². The standard InChI is InChI=1S/C46H74N4O25S/c1-5-6-7-8-9-10-11-15-67-25-14-12-13-24(16-25)42(62)50-31-35(58)34(57)26(17-51)70-44(31)73-39-27(18-52)71-45(32(37(39)60)48-22(3)55)74-40-28(19-53)72-46(33(38(40)61)49-23(4)56)75-41-29(20-68-76(64,65)66)69-43(63)30(36(41)59)47-21(2)54/h12-14,16,26-41,43-46,51-53,57-61,63H,5-11,15,17-20H2,1-4H3,(H,47,54)(H,48,55)(H,49,56)(H,50,62)(H,64,65,66)/t26?,27-,28?,29-,30?,31?,32?,33?,34+,35+,36?,37?,38+,39+,40+,41+,43+,44-,45-,46-/m0/s1. The normalized spacial score (nSPS) is 35.9. The minimum Gasteiger partial charge on any atom is -0.494 e. The van der Waals surface area contributed by atoms with Crippen LogP contribution in [0.3, 0.4) is 0 Å². The third-order valence-corrected chi connectivity index (χ3v) is 13.5. The molecule has 1 aromatic rings. The molecule has 5 rings (SSSR count). The lowest BCUT2D eigenvalue weighted by Gasteiger charge is -2.51. The van der Waals surface area contributed by atoms with Gasteiger partial charge in [0.05, 0.1) is 33.0 Å². The fourth-order valence-electron chi connectivity index (χ4n) is 9.29. The van der Waals surface area contributed by atoms with Crippen molar-refractivity contribution in [2.45, 2.75) is 195 Å². The molecule has 4 fully saturated rings. The average molecular weight is 1120 g/mol. The number of carbonyl (C=O) groups excluding carboxylic acids is 4. The van der Waals surface area contributed by atoms with Crippen LogP contribution in [0.5, 0.6) is 5.75 Å². The number of aliphatic hydroxyl groups excluding tert-OH is 9. The van der Waals surface area contributed by atoms with Crippen LogP contribution in [0.2, 0.25) is 0 Å². The average Bonchev–Trinajstić information content (AvgIpc) is 3.37. The Labute approximate surface area is 438 Å². The number of ether oxygens (including phenoxy) is 8. The van der Waals surface area contributed by atoms with Gasteiger partial charge in [0.15, 0.2) is 25.2 Å². The zero-order valence-electron chi connectivity index (χ0n) is 42.3. The summed E-state index contributed by atoms with van der Waals surface area (Å²) in [7, 11) is -5.16. The van der Waals surface area contributed by atoms with Gasteiger partial charge in [0, 0.05) is 26.3 Å². The highest BCUT2D eigenvalue weighted by molar-refractivity contribution is 7.80. The number of rotatable bonds is 26. The second-order valence-corrected chi connectivity index (χ2v) is 20.0. The maximum absolute atomic E-state index is 13.8. The largest absolute Gasteiger partial charge is 0.494 e. The number of hydrogen-bond acceptors (Lipinski definition) is 24. The van der Waals surface area contributed by atoms with Crippen molar-refractivity contribution < 1.29 is 120 Å². The molecule has 0 radical (unpaired) electrons. The van der Waals surface area contributed by atoms with Crippen molar-refractivity contribution in [3.63, 3.8) is 0 Å². The first-order valence-corrected chi connectivity index (χ1v) is 26.3. The van der Waals surface area contributed by atoms with Gasteiger partial charge in [0.1, 0.15) is 103 Å². The van der Waals surface area contributed by atoms with Gasteiger partial charge in [-0.1, -0.05) is 51.5 Å². The quantitative estimate of drug-likeness (QED) is 0.0305. The molecule has 29 nitrogen and oxygen atoms in total. The van der Waals surface area contributed by atoms with E-state index in [-0.39, 0.29) is 5.56 Å². The predicted octanol–water partition coefficient (Wildman–Crippen LogP) is -4.92. The van der Waals surface area contributed by atoms with E-state index in [1.54, 1.807) is 12.1 Å². The molecule has 4 aliphatic rings. The highest BCUT2D eigenvalue weighted by Crippen LogP contribution is 2.35. The van der Waals surface area contributed by atoms with E-state index >= 15 is 0 Å². The highest BCUT2D eigenvalue weighted by Gasteiger charge is 2.56. The van der Waals surface area contributed by atoms with E-state index in [2.05, 4.69) is 32.4 Å². The lowest BCUT2D eigenvalue weighted by atomic mass is 9.93. The minimum atomic E-state index is -5.16. The molecule has 4 heterocycles. The first-order valence-electron chi connectivity index (χ1n) is 25.0. The summed E-state index contributed by atoms with van der Waals surface area (Å²) >= 11 is 0. The Kier molecular flexibility index (Phi) is 24.3. The van der Waals surface area contributed by atoms with Crippen molar-refractivity contribution in [2.75, 3.05) is 33.0 Å². The fourth-order valence-corrected chi connectivity index (χ4v) is 9.59. The number of hydrogen-bond donors (Lipinski definition) is 14. The number of benzene rings is 1. The summed E-state index contributed by atoms with van der Waals surface area (Å²) < 4.78 is 83.9. The van der Waals surface area contributed by atoms with Crippen LogP contribution in [0.25, 0.3) is 0 Å². The Hall–Kier alpha value is -3.87. The third-order valence-electron chi connectivity index (χ3n) is 13.1. The summed E-state index contributed by atoms with van der Waals surface area (Å²) in [5.41, 5.74) is 0.0703. The molecule has 0 bridgehead atoms. The Morgan fingerprint density at radius 2 is 1.01 bits per heavy atom. The molecule has 20 atom stereocenters. The molecular formula is C46H74N4O25S. The van der Waals surface area contributed by atoms with Gasteiger partial charge < -0.3 is 105 Å². The van der Waals surface area contributed by atoms with E-state index in [0.29, 0.717) is 12.4 Å². The van der Waals surface area contributed by atoms with E-state index in [4.69, 9.17) is 37.9 Å². The second-order valence-electron chi connectivity index (χ2n) is 18.9. The van der Waals surface area contributed by atoms with Crippen molar-refractivity contribution in [1.29, 1.82) is 0 Å².